The summed E-state index contributed by atoms with van der Waals surface area (Å²) in [6.45, 7) is -0.569. The van der Waals surface area contributed by atoms with Gasteiger partial charge in [0, 0.05) is 11.8 Å². The molecule has 0 aliphatic rings. The molecule has 0 fully saturated rings. The van der Waals surface area contributed by atoms with Gasteiger partial charge >= 0.3 is 0 Å². The summed E-state index contributed by atoms with van der Waals surface area (Å²) in [7, 11) is 0. The Bertz CT molecular complexity index is 319. The Morgan fingerprint density at radius 2 is 2.15 bits per heavy atom. The van der Waals surface area contributed by atoms with Gasteiger partial charge in [0.1, 0.15) is 11.5 Å². The van der Waals surface area contributed by atoms with Crippen LogP contribution in [0.5, 0.6) is 0 Å². The number of aliphatic hydroxyl groups excluding tert-OH is 1. The average Bonchev–Trinajstić information content (AvgIpc) is 2.09. The van der Waals surface area contributed by atoms with Gasteiger partial charge in [-0.3, -0.25) is 4.98 Å². The van der Waals surface area contributed by atoms with E-state index in [1.165, 1.54) is 0 Å². The number of nitrogens with zero attached hydrogens (tertiary/aromatic N) is 1. The predicted octanol–water partition coefficient (Wildman–Crippen LogP) is 2.41. The number of aliphatic hydroxyl groups is 1. The molecule has 0 aliphatic heterocycles. The first kappa shape index (κ1) is 10.5. The summed E-state index contributed by atoms with van der Waals surface area (Å²) >= 11 is 2.64. The normalized spacial score (nSPS) is 10.9. The maximum absolute atomic E-state index is 13.0. The van der Waals surface area contributed by atoms with E-state index in [-0.39, 0.29) is 5.56 Å². The largest absolute Gasteiger partial charge is 0.392 e. The number of hydrogen-bond acceptors (Lipinski definition) is 2. The van der Waals surface area contributed by atoms with Gasteiger partial charge in [0.2, 0.25) is 0 Å². The van der Waals surface area contributed by atoms with E-state index in [0.717, 1.165) is 6.20 Å². The van der Waals surface area contributed by atoms with E-state index in [2.05, 4.69) is 20.9 Å². The first-order valence-electron chi connectivity index (χ1n) is 3.29. The zero-order chi connectivity index (χ0) is 10.0. The summed E-state index contributed by atoms with van der Waals surface area (Å²) in [5.74, 6) is -0.896. The Labute approximate surface area is 80.5 Å². The van der Waals surface area contributed by atoms with Crippen LogP contribution in [0.25, 0.3) is 0 Å². The molecule has 13 heavy (non-hydrogen) atoms. The standard InChI is InChI=1S/C7H5BrF3NO/c8-4-5(9)3(2-13)1-12-6(4)7(10)11/h1,7,13H,2H2. The summed E-state index contributed by atoms with van der Waals surface area (Å²) in [5, 5.41) is 8.58. The molecule has 1 aromatic heterocycles. The van der Waals surface area contributed by atoms with Gasteiger partial charge in [-0.1, -0.05) is 0 Å². The maximum atomic E-state index is 13.0. The molecule has 0 amide bonds. The molecule has 0 spiro atoms. The van der Waals surface area contributed by atoms with Crippen molar-refractivity contribution in [3.8, 4) is 0 Å². The van der Waals surface area contributed by atoms with Gasteiger partial charge in [-0.25, -0.2) is 13.2 Å². The topological polar surface area (TPSA) is 33.1 Å². The molecule has 1 N–H and O–H groups in total. The van der Waals surface area contributed by atoms with Crippen molar-refractivity contribution in [2.75, 3.05) is 0 Å². The highest BCUT2D eigenvalue weighted by molar-refractivity contribution is 9.10. The number of rotatable bonds is 2. The lowest BCUT2D eigenvalue weighted by Crippen LogP contribution is -1.99. The summed E-state index contributed by atoms with van der Waals surface area (Å²) < 4.78 is 36.9. The van der Waals surface area contributed by atoms with E-state index in [4.69, 9.17) is 5.11 Å². The smallest absolute Gasteiger partial charge is 0.281 e. The van der Waals surface area contributed by atoms with Gasteiger partial charge in [0.15, 0.2) is 0 Å². The first-order chi connectivity index (χ1) is 6.07. The molecule has 0 unspecified atom stereocenters. The Balaban J connectivity index is 3.23. The van der Waals surface area contributed by atoms with Crippen molar-refractivity contribution in [2.24, 2.45) is 0 Å². The number of hydrogen-bond donors (Lipinski definition) is 1. The fourth-order valence-electron chi connectivity index (χ4n) is 0.777. The summed E-state index contributed by atoms with van der Waals surface area (Å²) in [5.41, 5.74) is -0.772. The van der Waals surface area contributed by atoms with E-state index in [9.17, 15) is 13.2 Å². The Morgan fingerprint density at radius 3 is 2.62 bits per heavy atom. The molecular formula is C7H5BrF3NO. The van der Waals surface area contributed by atoms with Crippen LogP contribution < -0.4 is 0 Å². The molecule has 6 heteroatoms. The monoisotopic (exact) mass is 255 g/mol. The van der Waals surface area contributed by atoms with Gasteiger partial charge in [-0.2, -0.15) is 0 Å². The third kappa shape index (κ3) is 2.00. The van der Waals surface area contributed by atoms with Crippen LogP contribution in [0.15, 0.2) is 10.7 Å². The third-order valence-electron chi connectivity index (χ3n) is 1.44. The number of alkyl halides is 2. The molecule has 0 aliphatic carbocycles. The second kappa shape index (κ2) is 4.06. The van der Waals surface area contributed by atoms with Crippen LogP contribution in [0, 0.1) is 5.82 Å². The quantitative estimate of drug-likeness (QED) is 0.881. The van der Waals surface area contributed by atoms with Crippen LogP contribution in [0.3, 0.4) is 0 Å². The van der Waals surface area contributed by atoms with E-state index < -0.39 is 29.0 Å². The lowest BCUT2D eigenvalue weighted by molar-refractivity contribution is 0.144. The maximum Gasteiger partial charge on any atom is 0.281 e. The molecular weight excluding hydrogens is 251 g/mol. The van der Waals surface area contributed by atoms with Crippen molar-refractivity contribution in [3.63, 3.8) is 0 Å². The number of halogens is 4. The molecule has 1 heterocycles. The molecule has 0 aromatic carbocycles. The highest BCUT2D eigenvalue weighted by Gasteiger charge is 2.18. The van der Waals surface area contributed by atoms with E-state index in [1.54, 1.807) is 0 Å². The highest BCUT2D eigenvalue weighted by atomic mass is 79.9. The fourth-order valence-corrected chi connectivity index (χ4v) is 1.31. The fraction of sp³-hybridized carbons (Fsp3) is 0.286. The van der Waals surface area contributed by atoms with E-state index >= 15 is 0 Å². The minimum atomic E-state index is -2.84. The minimum absolute atomic E-state index is 0.115. The SMILES string of the molecule is OCc1cnc(C(F)F)c(Br)c1F. The van der Waals surface area contributed by atoms with Crippen molar-refractivity contribution >= 4 is 15.9 Å². The third-order valence-corrected chi connectivity index (χ3v) is 2.19. The molecule has 0 radical (unpaired) electrons. The number of aromatic nitrogens is 1. The Kier molecular flexibility index (Phi) is 3.27. The lowest BCUT2D eigenvalue weighted by Gasteiger charge is -2.05. The van der Waals surface area contributed by atoms with Crippen LogP contribution in [-0.4, -0.2) is 10.1 Å². The van der Waals surface area contributed by atoms with Gasteiger partial charge in [-0.05, 0) is 15.9 Å². The van der Waals surface area contributed by atoms with Crippen molar-refractivity contribution < 1.29 is 18.3 Å². The predicted molar refractivity (Wildman–Crippen MR) is 42.8 cm³/mol. The summed E-state index contributed by atoms with van der Waals surface area (Å²) in [6, 6.07) is 0. The minimum Gasteiger partial charge on any atom is -0.392 e. The molecule has 2 nitrogen and oxygen atoms in total. The van der Waals surface area contributed by atoms with E-state index in [1.807, 2.05) is 0 Å². The molecule has 0 saturated heterocycles. The number of pyridine rings is 1. The van der Waals surface area contributed by atoms with Crippen LogP contribution >= 0.6 is 15.9 Å². The zero-order valence-electron chi connectivity index (χ0n) is 6.27. The van der Waals surface area contributed by atoms with Gasteiger partial charge < -0.3 is 5.11 Å². The molecule has 1 rings (SSSR count). The lowest BCUT2D eigenvalue weighted by atomic mass is 10.2. The summed E-state index contributed by atoms with van der Waals surface area (Å²) in [6.07, 6.45) is -1.95. The second-order valence-electron chi connectivity index (χ2n) is 2.26. The summed E-state index contributed by atoms with van der Waals surface area (Å²) in [4.78, 5) is 3.31. The van der Waals surface area contributed by atoms with Crippen molar-refractivity contribution in [1.29, 1.82) is 0 Å². The zero-order valence-corrected chi connectivity index (χ0v) is 7.85. The van der Waals surface area contributed by atoms with Crippen LogP contribution in [0.1, 0.15) is 17.7 Å². The van der Waals surface area contributed by atoms with E-state index in [0.29, 0.717) is 0 Å². The average molecular weight is 256 g/mol. The van der Waals surface area contributed by atoms with Crippen molar-refractivity contribution in [3.05, 3.63) is 27.7 Å². The molecule has 1 aromatic rings. The van der Waals surface area contributed by atoms with Crippen LogP contribution in [0.4, 0.5) is 13.2 Å². The first-order valence-corrected chi connectivity index (χ1v) is 4.09. The molecule has 0 saturated carbocycles. The molecule has 0 atom stereocenters. The van der Waals surface area contributed by atoms with Crippen LogP contribution in [0.2, 0.25) is 0 Å². The highest BCUT2D eigenvalue weighted by Crippen LogP contribution is 2.28. The van der Waals surface area contributed by atoms with Crippen molar-refractivity contribution in [2.45, 2.75) is 13.0 Å². The Morgan fingerprint density at radius 1 is 1.54 bits per heavy atom. The molecule has 0 bridgehead atoms. The van der Waals surface area contributed by atoms with Gasteiger partial charge in [0.05, 0.1) is 11.1 Å². The van der Waals surface area contributed by atoms with Gasteiger partial charge in [-0.15, -0.1) is 0 Å². The van der Waals surface area contributed by atoms with Crippen molar-refractivity contribution in [1.82, 2.24) is 4.98 Å². The second-order valence-corrected chi connectivity index (χ2v) is 3.05. The Hall–Kier alpha value is -0.620. The molecule has 72 valence electrons. The van der Waals surface area contributed by atoms with Gasteiger partial charge in [0.25, 0.3) is 6.43 Å². The van der Waals surface area contributed by atoms with Crippen LogP contribution in [-0.2, 0) is 6.61 Å².